The molecule has 5 rings (SSSR count). The molecule has 0 radical (unpaired) electrons. The van der Waals surface area contributed by atoms with Crippen molar-refractivity contribution in [1.82, 2.24) is 0 Å². The number of hydrogen-bond acceptors (Lipinski definition) is 5. The lowest BCUT2D eigenvalue weighted by molar-refractivity contribution is -0.385. The van der Waals surface area contributed by atoms with Crippen LogP contribution in [-0.2, 0) is 0 Å². The van der Waals surface area contributed by atoms with Crippen LogP contribution in [0.1, 0.15) is 22.6 Å². The van der Waals surface area contributed by atoms with Crippen molar-refractivity contribution in [2.75, 3.05) is 0 Å². The molecule has 158 valence electrons. The molecule has 4 aromatic rings. The number of aliphatic imine (C=N–C) groups is 1. The molecule has 0 N–H and O–H groups in total. The Morgan fingerprint density at radius 2 is 1.64 bits per heavy atom. The summed E-state index contributed by atoms with van der Waals surface area (Å²) in [6, 6.07) is 29.7. The van der Waals surface area contributed by atoms with E-state index in [2.05, 4.69) is 11.1 Å². The van der Waals surface area contributed by atoms with E-state index in [9.17, 15) is 15.4 Å². The molecule has 1 atom stereocenters. The number of hydrogen-bond donors (Lipinski definition) is 0. The van der Waals surface area contributed by atoms with Crippen molar-refractivity contribution in [2.24, 2.45) is 4.99 Å². The molecule has 1 heterocycles. The Labute approximate surface area is 189 Å². The van der Waals surface area contributed by atoms with Crippen LogP contribution in [0.25, 0.3) is 10.8 Å². The quantitative estimate of drug-likeness (QED) is 0.221. The second-order valence-electron chi connectivity index (χ2n) is 7.56. The summed E-state index contributed by atoms with van der Waals surface area (Å²) in [6.45, 7) is 0. The average Bonchev–Trinajstić information content (AvgIpc) is 2.87. The van der Waals surface area contributed by atoms with Crippen molar-refractivity contribution < 1.29 is 9.66 Å². The van der Waals surface area contributed by atoms with Crippen molar-refractivity contribution in [2.45, 2.75) is 5.92 Å². The first-order valence-electron chi connectivity index (χ1n) is 10.3. The fourth-order valence-corrected chi connectivity index (χ4v) is 4.13. The second-order valence-corrected chi connectivity index (χ2v) is 7.56. The molecule has 0 saturated heterocycles. The highest BCUT2D eigenvalue weighted by molar-refractivity contribution is 5.91. The van der Waals surface area contributed by atoms with Gasteiger partial charge in [-0.15, -0.1) is 0 Å². The first-order chi connectivity index (χ1) is 16.2. The van der Waals surface area contributed by atoms with Gasteiger partial charge in [-0.1, -0.05) is 84.9 Å². The molecule has 0 aliphatic carbocycles. The number of nitro groups is 1. The molecule has 0 saturated carbocycles. The van der Waals surface area contributed by atoms with Gasteiger partial charge in [-0.25, -0.2) is 4.99 Å². The van der Waals surface area contributed by atoms with Crippen LogP contribution in [0.3, 0.4) is 0 Å². The highest BCUT2D eigenvalue weighted by atomic mass is 16.6. The normalized spacial score (nSPS) is 15.2. The molecule has 0 fully saturated rings. The predicted molar refractivity (Wildman–Crippen MR) is 126 cm³/mol. The summed E-state index contributed by atoms with van der Waals surface area (Å²) in [6.07, 6.45) is 1.62. The third-order valence-electron chi connectivity index (χ3n) is 5.63. The highest BCUT2D eigenvalue weighted by Gasteiger charge is 2.36. The maximum absolute atomic E-state index is 11.8. The summed E-state index contributed by atoms with van der Waals surface area (Å²) in [5.74, 6) is -0.00306. The number of rotatable bonds is 4. The van der Waals surface area contributed by atoms with Crippen molar-refractivity contribution in [3.63, 3.8) is 0 Å². The van der Waals surface area contributed by atoms with Crippen LogP contribution in [0, 0.1) is 21.4 Å². The number of fused-ring (bicyclic) bond motifs is 3. The van der Waals surface area contributed by atoms with Gasteiger partial charge in [-0.05, 0) is 10.9 Å². The third kappa shape index (κ3) is 3.62. The van der Waals surface area contributed by atoms with Crippen LogP contribution < -0.4 is 4.74 Å². The molecular weight excluding hydrogens is 414 g/mol. The molecule has 6 nitrogen and oxygen atoms in total. The first kappa shape index (κ1) is 20.2. The Morgan fingerprint density at radius 3 is 2.42 bits per heavy atom. The molecule has 0 amide bonds. The number of nitrogens with zero attached hydrogens (tertiary/aromatic N) is 3. The molecule has 0 aromatic heterocycles. The number of benzene rings is 4. The van der Waals surface area contributed by atoms with Crippen molar-refractivity contribution in [3.8, 4) is 11.8 Å². The van der Waals surface area contributed by atoms with E-state index < -0.39 is 10.8 Å². The predicted octanol–water partition coefficient (Wildman–Crippen LogP) is 6.13. The van der Waals surface area contributed by atoms with E-state index in [4.69, 9.17) is 4.74 Å². The molecule has 1 aliphatic heterocycles. The lowest BCUT2D eigenvalue weighted by Crippen LogP contribution is -2.17. The van der Waals surface area contributed by atoms with Crippen molar-refractivity contribution in [1.29, 1.82) is 5.26 Å². The van der Waals surface area contributed by atoms with Crippen LogP contribution >= 0.6 is 0 Å². The largest absolute Gasteiger partial charge is 0.437 e. The topological polar surface area (TPSA) is 88.5 Å². The summed E-state index contributed by atoms with van der Waals surface area (Å²) in [7, 11) is 0. The maximum Gasteiger partial charge on any atom is 0.273 e. The fourth-order valence-electron chi connectivity index (χ4n) is 4.13. The first-order valence-corrected chi connectivity index (χ1v) is 10.3. The standard InChI is InChI=1S/C27H17N3O3/c28-16-23-25(21-12-6-7-13-24(21)30(31)32)22-15-14-19-10-4-5-11-20(19)26(22)33-27(23)29-17-18-8-2-1-3-9-18/h1-15,17,25H/b29-17+. The van der Waals surface area contributed by atoms with Gasteiger partial charge in [0.25, 0.3) is 5.69 Å². The monoisotopic (exact) mass is 431 g/mol. The third-order valence-corrected chi connectivity index (χ3v) is 5.63. The molecule has 1 unspecified atom stereocenters. The van der Waals surface area contributed by atoms with E-state index in [1.807, 2.05) is 66.7 Å². The van der Waals surface area contributed by atoms with Gasteiger partial charge in [0.2, 0.25) is 5.88 Å². The van der Waals surface area contributed by atoms with Crippen molar-refractivity contribution >= 4 is 22.7 Å². The summed E-state index contributed by atoms with van der Waals surface area (Å²) >= 11 is 0. The Bertz CT molecular complexity index is 1480. The Kier molecular flexibility index (Phi) is 5.13. The number of nitriles is 1. The SMILES string of the molecule is N#CC1=C(/N=C/c2ccccc2)Oc2c(ccc3ccccc23)C1c1ccccc1[N+](=O)[O-]. The highest BCUT2D eigenvalue weighted by Crippen LogP contribution is 2.48. The summed E-state index contributed by atoms with van der Waals surface area (Å²) in [5.41, 5.74) is 2.13. The molecule has 6 heteroatoms. The van der Waals surface area contributed by atoms with Crippen molar-refractivity contribution in [3.05, 3.63) is 129 Å². The van der Waals surface area contributed by atoms with Gasteiger partial charge in [0, 0.05) is 28.8 Å². The van der Waals surface area contributed by atoms with E-state index >= 15 is 0 Å². The van der Waals surface area contributed by atoms with E-state index in [-0.39, 0.29) is 17.1 Å². The van der Waals surface area contributed by atoms with Crippen LogP contribution in [0.5, 0.6) is 5.75 Å². The smallest absolute Gasteiger partial charge is 0.273 e. The zero-order valence-corrected chi connectivity index (χ0v) is 17.4. The minimum Gasteiger partial charge on any atom is -0.437 e. The Hall–Kier alpha value is -4.76. The molecule has 0 spiro atoms. The zero-order valence-electron chi connectivity index (χ0n) is 17.4. The van der Waals surface area contributed by atoms with E-state index in [1.165, 1.54) is 6.07 Å². The van der Waals surface area contributed by atoms with Gasteiger partial charge in [0.1, 0.15) is 17.4 Å². The van der Waals surface area contributed by atoms with E-state index in [0.717, 1.165) is 16.3 Å². The van der Waals surface area contributed by atoms with Crippen LogP contribution in [-0.4, -0.2) is 11.1 Å². The molecule has 1 aliphatic rings. The van der Waals surface area contributed by atoms with Gasteiger partial charge in [-0.2, -0.15) is 5.26 Å². The van der Waals surface area contributed by atoms with Crippen LogP contribution in [0.2, 0.25) is 0 Å². The van der Waals surface area contributed by atoms with Gasteiger partial charge >= 0.3 is 0 Å². The minimum absolute atomic E-state index is 0.0531. The second kappa shape index (κ2) is 8.40. The van der Waals surface area contributed by atoms with E-state index in [1.54, 1.807) is 24.4 Å². The van der Waals surface area contributed by atoms with Gasteiger partial charge in [0.05, 0.1) is 10.8 Å². The van der Waals surface area contributed by atoms with Crippen LogP contribution in [0.15, 0.2) is 107 Å². The number of para-hydroxylation sites is 1. The summed E-state index contributed by atoms with van der Waals surface area (Å²) < 4.78 is 6.21. The number of nitro benzene ring substituents is 1. The lowest BCUT2D eigenvalue weighted by Gasteiger charge is -2.27. The maximum atomic E-state index is 11.8. The van der Waals surface area contributed by atoms with Gasteiger partial charge in [0.15, 0.2) is 0 Å². The van der Waals surface area contributed by atoms with Crippen LogP contribution in [0.4, 0.5) is 5.69 Å². The molecule has 4 aromatic carbocycles. The molecule has 0 bridgehead atoms. The zero-order chi connectivity index (χ0) is 22.8. The Morgan fingerprint density at radius 1 is 0.909 bits per heavy atom. The molecular formula is C27H17N3O3. The average molecular weight is 431 g/mol. The fraction of sp³-hybridized carbons (Fsp3) is 0.0370. The lowest BCUT2D eigenvalue weighted by atomic mass is 9.82. The molecule has 33 heavy (non-hydrogen) atoms. The number of ether oxygens (including phenoxy) is 1. The minimum atomic E-state index is -0.687. The van der Waals surface area contributed by atoms with Gasteiger partial charge in [-0.3, -0.25) is 10.1 Å². The van der Waals surface area contributed by atoms with Gasteiger partial charge < -0.3 is 4.74 Å². The number of allylic oxidation sites excluding steroid dienone is 1. The summed E-state index contributed by atoms with van der Waals surface area (Å²) in [5, 5.41) is 23.8. The summed E-state index contributed by atoms with van der Waals surface area (Å²) in [4.78, 5) is 15.9. The van der Waals surface area contributed by atoms with E-state index in [0.29, 0.717) is 16.9 Å². The Balaban J connectivity index is 1.77.